The summed E-state index contributed by atoms with van der Waals surface area (Å²) >= 11 is 6.02. The molecule has 1 atom stereocenters. The highest BCUT2D eigenvalue weighted by atomic mass is 35.5. The van der Waals surface area contributed by atoms with Crippen molar-refractivity contribution < 1.29 is 31.9 Å². The molecular formula is C32H31ClFN3O6S. The topological polar surface area (TPSA) is 114 Å². The molecule has 2 amide bonds. The minimum absolute atomic E-state index is 0.0507. The van der Waals surface area contributed by atoms with E-state index in [1.54, 1.807) is 44.4 Å². The quantitative estimate of drug-likeness (QED) is 0.203. The summed E-state index contributed by atoms with van der Waals surface area (Å²) in [5.41, 5.74) is 1.75. The van der Waals surface area contributed by atoms with E-state index in [0.29, 0.717) is 10.8 Å². The molecule has 0 saturated carbocycles. The number of carbonyl (C=O) groups excluding carboxylic acids is 2. The van der Waals surface area contributed by atoms with E-state index in [2.05, 4.69) is 10.0 Å². The van der Waals surface area contributed by atoms with Crippen LogP contribution in [-0.2, 0) is 32.7 Å². The van der Waals surface area contributed by atoms with E-state index in [1.165, 1.54) is 41.3 Å². The molecule has 4 rings (SSSR count). The molecule has 0 aliphatic rings. The molecule has 0 saturated heterocycles. The standard InChI is InChI=1S/C32H31ClFN3O6S/c1-22(32(39)35-19-24-5-3-4-6-30(24)42-2)37(20-23-7-9-25(33)10-8-23)31(38)21-43-28-15-17-29(18-16-28)44(40,41)36-27-13-11-26(34)12-14-27/h3-18,22,36H,19-21H2,1-2H3,(H,35,39)/t22-/m0/s1. The van der Waals surface area contributed by atoms with E-state index < -0.39 is 34.4 Å². The second kappa shape index (κ2) is 14.7. The molecule has 0 spiro atoms. The summed E-state index contributed by atoms with van der Waals surface area (Å²) in [5, 5.41) is 3.40. The van der Waals surface area contributed by atoms with Gasteiger partial charge in [-0.1, -0.05) is 41.9 Å². The van der Waals surface area contributed by atoms with Crippen LogP contribution in [0.3, 0.4) is 0 Å². The van der Waals surface area contributed by atoms with E-state index in [1.807, 2.05) is 18.2 Å². The molecule has 44 heavy (non-hydrogen) atoms. The zero-order valence-electron chi connectivity index (χ0n) is 24.0. The maximum atomic E-state index is 13.4. The van der Waals surface area contributed by atoms with Crippen LogP contribution in [0, 0.1) is 5.82 Å². The Labute approximate surface area is 260 Å². The fourth-order valence-corrected chi connectivity index (χ4v) is 5.41. The molecule has 0 unspecified atom stereocenters. The number of anilines is 1. The van der Waals surface area contributed by atoms with Gasteiger partial charge in [0.1, 0.15) is 23.4 Å². The fourth-order valence-electron chi connectivity index (χ4n) is 4.22. The number of sulfonamides is 1. The summed E-state index contributed by atoms with van der Waals surface area (Å²) in [6.45, 7) is 1.55. The van der Waals surface area contributed by atoms with Crippen LogP contribution in [0.15, 0.2) is 102 Å². The Morgan fingerprint density at radius 1 is 0.932 bits per heavy atom. The summed E-state index contributed by atoms with van der Waals surface area (Å²) in [7, 11) is -2.39. The van der Waals surface area contributed by atoms with Crippen LogP contribution in [0.25, 0.3) is 0 Å². The van der Waals surface area contributed by atoms with Crippen molar-refractivity contribution in [2.24, 2.45) is 0 Å². The summed E-state index contributed by atoms with van der Waals surface area (Å²) in [5.74, 6) is -0.443. The second-order valence-electron chi connectivity index (χ2n) is 9.73. The number of rotatable bonds is 13. The smallest absolute Gasteiger partial charge is 0.261 e. The molecule has 0 fully saturated rings. The van der Waals surface area contributed by atoms with Crippen LogP contribution >= 0.6 is 11.6 Å². The van der Waals surface area contributed by atoms with Crippen molar-refractivity contribution >= 4 is 39.1 Å². The summed E-state index contributed by atoms with van der Waals surface area (Å²) < 4.78 is 52.0. The lowest BCUT2D eigenvalue weighted by Crippen LogP contribution is -2.48. The van der Waals surface area contributed by atoms with Crippen LogP contribution in [0.5, 0.6) is 11.5 Å². The van der Waals surface area contributed by atoms with Crippen molar-refractivity contribution in [2.45, 2.75) is 31.0 Å². The maximum absolute atomic E-state index is 13.4. The molecule has 0 aliphatic heterocycles. The number of ether oxygens (including phenoxy) is 2. The molecule has 12 heteroatoms. The molecule has 0 aliphatic carbocycles. The van der Waals surface area contributed by atoms with Gasteiger partial charge in [-0.15, -0.1) is 0 Å². The normalized spacial score (nSPS) is 11.7. The third-order valence-electron chi connectivity index (χ3n) is 6.67. The minimum atomic E-state index is -3.94. The first-order chi connectivity index (χ1) is 21.1. The maximum Gasteiger partial charge on any atom is 0.261 e. The number of carbonyl (C=O) groups is 2. The van der Waals surface area contributed by atoms with Crippen molar-refractivity contribution in [3.63, 3.8) is 0 Å². The van der Waals surface area contributed by atoms with E-state index in [-0.39, 0.29) is 35.3 Å². The molecule has 9 nitrogen and oxygen atoms in total. The highest BCUT2D eigenvalue weighted by molar-refractivity contribution is 7.92. The van der Waals surface area contributed by atoms with Gasteiger partial charge >= 0.3 is 0 Å². The van der Waals surface area contributed by atoms with Crippen molar-refractivity contribution in [1.82, 2.24) is 10.2 Å². The number of amides is 2. The van der Waals surface area contributed by atoms with Gasteiger partial charge in [-0.25, -0.2) is 12.8 Å². The lowest BCUT2D eigenvalue weighted by molar-refractivity contribution is -0.142. The molecule has 4 aromatic carbocycles. The fraction of sp³-hybridized carbons (Fsp3) is 0.188. The van der Waals surface area contributed by atoms with E-state index in [0.717, 1.165) is 23.3 Å². The number of para-hydroxylation sites is 1. The number of nitrogens with zero attached hydrogens (tertiary/aromatic N) is 1. The molecule has 4 aromatic rings. The molecule has 0 aromatic heterocycles. The van der Waals surface area contributed by atoms with Crippen LogP contribution < -0.4 is 19.5 Å². The molecule has 0 radical (unpaired) electrons. The monoisotopic (exact) mass is 639 g/mol. The predicted octanol–water partition coefficient (Wildman–Crippen LogP) is 5.40. The first-order valence-electron chi connectivity index (χ1n) is 13.5. The van der Waals surface area contributed by atoms with Gasteiger partial charge < -0.3 is 19.7 Å². The average Bonchev–Trinajstić information content (AvgIpc) is 3.03. The van der Waals surface area contributed by atoms with Gasteiger partial charge in [0.05, 0.1) is 12.0 Å². The van der Waals surface area contributed by atoms with Crippen LogP contribution in [-0.4, -0.2) is 44.9 Å². The summed E-state index contributed by atoms with van der Waals surface area (Å²) in [6.07, 6.45) is 0. The van der Waals surface area contributed by atoms with Gasteiger partial charge in [0, 0.05) is 29.4 Å². The van der Waals surface area contributed by atoms with E-state index >= 15 is 0 Å². The van der Waals surface area contributed by atoms with Gasteiger partial charge in [0.25, 0.3) is 15.9 Å². The molecule has 2 N–H and O–H groups in total. The van der Waals surface area contributed by atoms with Crippen LogP contribution in [0.4, 0.5) is 10.1 Å². The zero-order valence-corrected chi connectivity index (χ0v) is 25.6. The third-order valence-corrected chi connectivity index (χ3v) is 8.32. The molecule has 230 valence electrons. The SMILES string of the molecule is COc1ccccc1CNC(=O)[C@H](C)N(Cc1ccc(Cl)cc1)C(=O)COc1ccc(S(=O)(=O)Nc2ccc(F)cc2)cc1. The Hall–Kier alpha value is -4.61. The van der Waals surface area contributed by atoms with Crippen molar-refractivity contribution in [1.29, 1.82) is 0 Å². The lowest BCUT2D eigenvalue weighted by atomic mass is 10.1. The highest BCUT2D eigenvalue weighted by Gasteiger charge is 2.27. The van der Waals surface area contributed by atoms with Gasteiger partial charge in [0.15, 0.2) is 6.61 Å². The Morgan fingerprint density at radius 2 is 1.59 bits per heavy atom. The molecule has 0 heterocycles. The van der Waals surface area contributed by atoms with Gasteiger partial charge in [-0.05, 0) is 79.2 Å². The Kier molecular flexibility index (Phi) is 10.8. The molecular weight excluding hydrogens is 609 g/mol. The summed E-state index contributed by atoms with van der Waals surface area (Å²) in [4.78, 5) is 27.9. The van der Waals surface area contributed by atoms with E-state index in [4.69, 9.17) is 21.1 Å². The second-order valence-corrected chi connectivity index (χ2v) is 11.8. The zero-order chi connectivity index (χ0) is 31.7. The highest BCUT2D eigenvalue weighted by Crippen LogP contribution is 2.21. The van der Waals surface area contributed by atoms with Gasteiger partial charge in [-0.2, -0.15) is 0 Å². The lowest BCUT2D eigenvalue weighted by Gasteiger charge is -2.29. The van der Waals surface area contributed by atoms with Crippen LogP contribution in [0.1, 0.15) is 18.1 Å². The van der Waals surface area contributed by atoms with Crippen molar-refractivity contribution in [3.8, 4) is 11.5 Å². The Balaban J connectivity index is 1.42. The van der Waals surface area contributed by atoms with E-state index in [9.17, 15) is 22.4 Å². The number of benzene rings is 4. The van der Waals surface area contributed by atoms with Crippen molar-refractivity contribution in [3.05, 3.63) is 119 Å². The first-order valence-corrected chi connectivity index (χ1v) is 15.4. The summed E-state index contributed by atoms with van der Waals surface area (Å²) in [6, 6.07) is 23.8. The number of halogens is 2. The number of methoxy groups -OCH3 is 1. The average molecular weight is 640 g/mol. The molecule has 0 bridgehead atoms. The number of hydrogen-bond acceptors (Lipinski definition) is 6. The largest absolute Gasteiger partial charge is 0.496 e. The third kappa shape index (κ3) is 8.71. The Morgan fingerprint density at radius 3 is 2.25 bits per heavy atom. The van der Waals surface area contributed by atoms with Gasteiger partial charge in [0.2, 0.25) is 5.91 Å². The Bertz CT molecular complexity index is 1680. The van der Waals surface area contributed by atoms with Gasteiger partial charge in [-0.3, -0.25) is 14.3 Å². The minimum Gasteiger partial charge on any atom is -0.496 e. The van der Waals surface area contributed by atoms with Crippen molar-refractivity contribution in [2.75, 3.05) is 18.4 Å². The predicted molar refractivity (Wildman–Crippen MR) is 165 cm³/mol. The van der Waals surface area contributed by atoms with Crippen LogP contribution in [0.2, 0.25) is 5.02 Å². The number of hydrogen-bond donors (Lipinski definition) is 2. The first kappa shape index (κ1) is 32.3. The number of nitrogens with one attached hydrogen (secondary N) is 2.